The summed E-state index contributed by atoms with van der Waals surface area (Å²) in [7, 11) is 1.60. The maximum absolute atomic E-state index is 6.05. The average Bonchev–Trinajstić information content (AvgIpc) is 2.62. The van der Waals surface area contributed by atoms with Gasteiger partial charge in [0.25, 0.3) is 0 Å². The van der Waals surface area contributed by atoms with Gasteiger partial charge in [0.2, 0.25) is 5.95 Å². The standard InChI is InChI=1S/C18H18ClN5O/c1-12-5-3-4-6-13(12)10-20-18-23-17(11-21-24-18)22-15-9-14(19)7-8-16(15)25-2/h3-9,11H,10H2,1-2H3,(H2,20,22,23,24). The molecule has 0 spiro atoms. The maximum Gasteiger partial charge on any atom is 0.244 e. The maximum atomic E-state index is 6.05. The molecule has 0 aliphatic heterocycles. The Balaban J connectivity index is 1.74. The molecule has 0 aliphatic carbocycles. The van der Waals surface area contributed by atoms with E-state index in [0.717, 1.165) is 0 Å². The number of methoxy groups -OCH3 is 1. The van der Waals surface area contributed by atoms with Gasteiger partial charge in [-0.25, -0.2) is 0 Å². The lowest BCUT2D eigenvalue weighted by atomic mass is 10.1. The fraction of sp³-hybridized carbons (Fsp3) is 0.167. The number of aromatic nitrogens is 3. The van der Waals surface area contributed by atoms with Gasteiger partial charge in [0.05, 0.1) is 19.0 Å². The van der Waals surface area contributed by atoms with E-state index < -0.39 is 0 Å². The molecule has 0 atom stereocenters. The first-order valence-electron chi connectivity index (χ1n) is 7.74. The molecule has 0 unspecified atom stereocenters. The minimum Gasteiger partial charge on any atom is -0.495 e. The van der Waals surface area contributed by atoms with Crippen LogP contribution in [0.3, 0.4) is 0 Å². The lowest BCUT2D eigenvalue weighted by molar-refractivity contribution is 0.417. The van der Waals surface area contributed by atoms with Gasteiger partial charge in [-0.05, 0) is 36.2 Å². The van der Waals surface area contributed by atoms with Crippen LogP contribution in [0.15, 0.2) is 48.7 Å². The highest BCUT2D eigenvalue weighted by molar-refractivity contribution is 6.31. The smallest absolute Gasteiger partial charge is 0.244 e. The second-order valence-electron chi connectivity index (χ2n) is 5.41. The molecule has 0 saturated carbocycles. The summed E-state index contributed by atoms with van der Waals surface area (Å²) >= 11 is 6.05. The SMILES string of the molecule is COc1ccc(Cl)cc1Nc1cnnc(NCc2ccccc2C)n1. The van der Waals surface area contributed by atoms with Crippen molar-refractivity contribution >= 4 is 29.1 Å². The zero-order valence-electron chi connectivity index (χ0n) is 14.0. The molecule has 6 nitrogen and oxygen atoms in total. The van der Waals surface area contributed by atoms with Gasteiger partial charge in [-0.15, -0.1) is 5.10 Å². The fourth-order valence-corrected chi connectivity index (χ4v) is 2.51. The van der Waals surface area contributed by atoms with Crippen molar-refractivity contribution in [1.82, 2.24) is 15.2 Å². The molecule has 0 radical (unpaired) electrons. The number of aryl methyl sites for hydroxylation is 1. The van der Waals surface area contributed by atoms with Gasteiger partial charge < -0.3 is 15.4 Å². The summed E-state index contributed by atoms with van der Waals surface area (Å²) < 4.78 is 5.32. The molecule has 2 aromatic carbocycles. The number of benzene rings is 2. The predicted octanol–water partition coefficient (Wildman–Crippen LogP) is 4.20. The highest BCUT2D eigenvalue weighted by Crippen LogP contribution is 2.29. The van der Waals surface area contributed by atoms with Crippen LogP contribution in [0.1, 0.15) is 11.1 Å². The van der Waals surface area contributed by atoms with Crippen molar-refractivity contribution in [2.75, 3.05) is 17.7 Å². The van der Waals surface area contributed by atoms with E-state index in [1.165, 1.54) is 11.1 Å². The monoisotopic (exact) mass is 355 g/mol. The number of ether oxygens (including phenoxy) is 1. The summed E-state index contributed by atoms with van der Waals surface area (Å²) in [6.45, 7) is 2.69. The van der Waals surface area contributed by atoms with Crippen LogP contribution in [0.4, 0.5) is 17.5 Å². The lowest BCUT2D eigenvalue weighted by Gasteiger charge is -2.11. The molecule has 2 N–H and O–H groups in total. The van der Waals surface area contributed by atoms with Crippen molar-refractivity contribution < 1.29 is 4.74 Å². The number of nitrogens with one attached hydrogen (secondary N) is 2. The Kier molecular flexibility index (Phi) is 5.30. The van der Waals surface area contributed by atoms with Crippen LogP contribution in [0.2, 0.25) is 5.02 Å². The molecule has 0 bridgehead atoms. The molecule has 3 rings (SSSR count). The Hall–Kier alpha value is -2.86. The molecule has 0 fully saturated rings. The van der Waals surface area contributed by atoms with Gasteiger partial charge in [-0.3, -0.25) is 0 Å². The average molecular weight is 356 g/mol. The molecule has 1 heterocycles. The number of halogens is 1. The van der Waals surface area contributed by atoms with Crippen LogP contribution in [-0.2, 0) is 6.54 Å². The van der Waals surface area contributed by atoms with E-state index in [0.29, 0.717) is 34.8 Å². The summed E-state index contributed by atoms with van der Waals surface area (Å²) in [5, 5.41) is 14.9. The van der Waals surface area contributed by atoms with Crippen molar-refractivity contribution in [1.29, 1.82) is 0 Å². The minimum atomic E-state index is 0.439. The van der Waals surface area contributed by atoms with Gasteiger partial charge in [0, 0.05) is 11.6 Å². The molecule has 7 heteroatoms. The van der Waals surface area contributed by atoms with E-state index in [4.69, 9.17) is 16.3 Å². The van der Waals surface area contributed by atoms with E-state index in [1.54, 1.807) is 31.5 Å². The van der Waals surface area contributed by atoms with Crippen LogP contribution < -0.4 is 15.4 Å². The van der Waals surface area contributed by atoms with Gasteiger partial charge >= 0.3 is 0 Å². The number of nitrogens with zero attached hydrogens (tertiary/aromatic N) is 3. The lowest BCUT2D eigenvalue weighted by Crippen LogP contribution is -2.07. The first kappa shape index (κ1) is 17.0. The summed E-state index contributed by atoms with van der Waals surface area (Å²) in [4.78, 5) is 4.42. The highest BCUT2D eigenvalue weighted by Gasteiger charge is 2.07. The molecule has 128 valence electrons. The summed E-state index contributed by atoms with van der Waals surface area (Å²) in [6, 6.07) is 13.5. The number of hydrogen-bond acceptors (Lipinski definition) is 6. The van der Waals surface area contributed by atoms with Crippen LogP contribution in [-0.4, -0.2) is 22.3 Å². The summed E-state index contributed by atoms with van der Waals surface area (Å²) in [5.41, 5.74) is 3.10. The zero-order chi connectivity index (χ0) is 17.6. The number of rotatable bonds is 6. The predicted molar refractivity (Wildman–Crippen MR) is 99.6 cm³/mol. The van der Waals surface area contributed by atoms with Crippen molar-refractivity contribution in [3.05, 3.63) is 64.8 Å². The molecule has 3 aromatic rings. The molecule has 25 heavy (non-hydrogen) atoms. The summed E-state index contributed by atoms with van der Waals surface area (Å²) in [5.74, 6) is 1.65. The highest BCUT2D eigenvalue weighted by atomic mass is 35.5. The van der Waals surface area contributed by atoms with Crippen molar-refractivity contribution in [3.63, 3.8) is 0 Å². The normalized spacial score (nSPS) is 10.4. The third kappa shape index (κ3) is 4.36. The van der Waals surface area contributed by atoms with Crippen molar-refractivity contribution in [3.8, 4) is 5.75 Å². The Labute approximate surface area is 151 Å². The Morgan fingerprint density at radius 2 is 2.00 bits per heavy atom. The van der Waals surface area contributed by atoms with E-state index in [-0.39, 0.29) is 0 Å². The minimum absolute atomic E-state index is 0.439. The second kappa shape index (κ2) is 7.81. The topological polar surface area (TPSA) is 72.0 Å². The van der Waals surface area contributed by atoms with Crippen LogP contribution in [0.25, 0.3) is 0 Å². The quantitative estimate of drug-likeness (QED) is 0.690. The van der Waals surface area contributed by atoms with Gasteiger partial charge in [-0.1, -0.05) is 35.9 Å². The number of anilines is 3. The zero-order valence-corrected chi connectivity index (χ0v) is 14.7. The Morgan fingerprint density at radius 3 is 2.80 bits per heavy atom. The van der Waals surface area contributed by atoms with Gasteiger partial charge in [0.1, 0.15) is 5.75 Å². The fourth-order valence-electron chi connectivity index (χ4n) is 2.34. The third-order valence-corrected chi connectivity index (χ3v) is 3.92. The Morgan fingerprint density at radius 1 is 1.16 bits per heavy atom. The van der Waals surface area contributed by atoms with E-state index in [2.05, 4.69) is 44.9 Å². The van der Waals surface area contributed by atoms with E-state index in [1.807, 2.05) is 12.1 Å². The Bertz CT molecular complexity index is 872. The molecule has 1 aromatic heterocycles. The number of hydrogen-bond donors (Lipinski definition) is 2. The van der Waals surface area contributed by atoms with Crippen LogP contribution in [0, 0.1) is 6.92 Å². The van der Waals surface area contributed by atoms with Crippen LogP contribution >= 0.6 is 11.6 Å². The first-order valence-corrected chi connectivity index (χ1v) is 8.12. The largest absolute Gasteiger partial charge is 0.495 e. The van der Waals surface area contributed by atoms with E-state index >= 15 is 0 Å². The van der Waals surface area contributed by atoms with Crippen molar-refractivity contribution in [2.45, 2.75) is 13.5 Å². The molecule has 0 amide bonds. The van der Waals surface area contributed by atoms with Crippen molar-refractivity contribution in [2.24, 2.45) is 0 Å². The first-order chi connectivity index (χ1) is 12.2. The molecular weight excluding hydrogens is 338 g/mol. The molecule has 0 aliphatic rings. The van der Waals surface area contributed by atoms with Gasteiger partial charge in [-0.2, -0.15) is 10.1 Å². The van der Waals surface area contributed by atoms with Gasteiger partial charge in [0.15, 0.2) is 5.82 Å². The third-order valence-electron chi connectivity index (χ3n) is 3.68. The second-order valence-corrected chi connectivity index (χ2v) is 5.85. The van der Waals surface area contributed by atoms with E-state index in [9.17, 15) is 0 Å². The molecule has 0 saturated heterocycles. The molecular formula is C18H18ClN5O. The van der Waals surface area contributed by atoms with Crippen LogP contribution in [0.5, 0.6) is 5.75 Å². The summed E-state index contributed by atoms with van der Waals surface area (Å²) in [6.07, 6.45) is 1.54.